The zero-order chi connectivity index (χ0) is 24.1. The Hall–Kier alpha value is -2.80. The van der Waals surface area contributed by atoms with Gasteiger partial charge in [-0.15, -0.1) is 0 Å². The third-order valence-corrected chi connectivity index (χ3v) is 7.42. The van der Waals surface area contributed by atoms with E-state index in [1.807, 2.05) is 62.4 Å². The number of nitrogens with one attached hydrogen (secondary N) is 1. The third-order valence-electron chi connectivity index (χ3n) is 5.20. The lowest BCUT2D eigenvalue weighted by atomic mass is 10.1. The molecule has 34 heavy (non-hydrogen) atoms. The van der Waals surface area contributed by atoms with Crippen LogP contribution in [-0.2, 0) is 5.75 Å². The summed E-state index contributed by atoms with van der Waals surface area (Å²) in [5, 5.41) is 4.22. The van der Waals surface area contributed by atoms with Gasteiger partial charge in [0, 0.05) is 27.6 Å². The first-order chi connectivity index (χ1) is 16.4. The van der Waals surface area contributed by atoms with Gasteiger partial charge in [-0.1, -0.05) is 71.0 Å². The molecule has 7 heteroatoms. The van der Waals surface area contributed by atoms with Crippen molar-refractivity contribution >= 4 is 46.7 Å². The minimum Gasteiger partial charge on any atom is -0.321 e. The maximum absolute atomic E-state index is 13.3. The molecular weight excluding hydrogens is 482 g/mol. The van der Waals surface area contributed by atoms with E-state index < -0.39 is 0 Å². The van der Waals surface area contributed by atoms with Crippen molar-refractivity contribution in [1.29, 1.82) is 0 Å². The van der Waals surface area contributed by atoms with Gasteiger partial charge in [0.2, 0.25) is 0 Å². The van der Waals surface area contributed by atoms with E-state index in [4.69, 9.17) is 11.6 Å². The lowest BCUT2D eigenvalue weighted by Crippen LogP contribution is -2.16. The van der Waals surface area contributed by atoms with Crippen LogP contribution in [0.4, 0.5) is 5.69 Å². The molecule has 3 aromatic carbocycles. The van der Waals surface area contributed by atoms with Crippen molar-refractivity contribution < 1.29 is 4.79 Å². The fraction of sp³-hybridized carbons (Fsp3) is 0.148. The molecule has 0 bridgehead atoms. The molecule has 0 unspecified atom stereocenters. The van der Waals surface area contributed by atoms with Crippen molar-refractivity contribution in [2.45, 2.75) is 41.5 Å². The SMILES string of the molecule is Cc1cccc(CSc2ncc(Sc3ccc(Cl)cc3)c(C(=O)Nc3ccc(C)c(C)c3)n2)c1. The van der Waals surface area contributed by atoms with Crippen molar-refractivity contribution in [3.05, 3.63) is 106 Å². The highest BCUT2D eigenvalue weighted by Crippen LogP contribution is 2.32. The first kappa shape index (κ1) is 24.3. The summed E-state index contributed by atoms with van der Waals surface area (Å²) in [6, 6.07) is 21.7. The van der Waals surface area contributed by atoms with E-state index in [1.165, 1.54) is 40.2 Å². The van der Waals surface area contributed by atoms with Crippen LogP contribution in [-0.4, -0.2) is 15.9 Å². The number of aryl methyl sites for hydroxylation is 3. The fourth-order valence-corrected chi connectivity index (χ4v) is 5.00. The summed E-state index contributed by atoms with van der Waals surface area (Å²) >= 11 is 8.98. The Kier molecular flexibility index (Phi) is 7.93. The first-order valence-electron chi connectivity index (χ1n) is 10.7. The van der Waals surface area contributed by atoms with Crippen molar-refractivity contribution in [3.8, 4) is 0 Å². The summed E-state index contributed by atoms with van der Waals surface area (Å²) in [4.78, 5) is 24.1. The minimum absolute atomic E-state index is 0.264. The molecule has 0 aliphatic rings. The van der Waals surface area contributed by atoms with Gasteiger partial charge < -0.3 is 5.32 Å². The molecule has 1 N–H and O–H groups in total. The minimum atomic E-state index is -0.264. The number of anilines is 1. The van der Waals surface area contributed by atoms with Gasteiger partial charge in [-0.2, -0.15) is 0 Å². The molecule has 4 aromatic rings. The molecular formula is C27H24ClN3OS2. The van der Waals surface area contributed by atoms with Crippen LogP contribution in [0, 0.1) is 20.8 Å². The van der Waals surface area contributed by atoms with Gasteiger partial charge >= 0.3 is 0 Å². The van der Waals surface area contributed by atoms with Crippen LogP contribution in [0.5, 0.6) is 0 Å². The first-order valence-corrected chi connectivity index (χ1v) is 12.9. The molecule has 0 atom stereocenters. The number of benzene rings is 3. The highest BCUT2D eigenvalue weighted by molar-refractivity contribution is 7.99. The van der Waals surface area contributed by atoms with Gasteiger partial charge in [0.15, 0.2) is 5.16 Å². The second-order valence-electron chi connectivity index (χ2n) is 7.95. The molecule has 1 heterocycles. The van der Waals surface area contributed by atoms with Gasteiger partial charge in [0.05, 0.1) is 4.90 Å². The van der Waals surface area contributed by atoms with E-state index in [0.717, 1.165) is 21.9 Å². The largest absolute Gasteiger partial charge is 0.321 e. The predicted octanol–water partition coefficient (Wildman–Crippen LogP) is 7.75. The molecule has 0 radical (unpaired) electrons. The van der Waals surface area contributed by atoms with Crippen LogP contribution in [0.2, 0.25) is 5.02 Å². The summed E-state index contributed by atoms with van der Waals surface area (Å²) in [6.45, 7) is 6.14. The normalized spacial score (nSPS) is 10.8. The number of nitrogens with zero attached hydrogens (tertiary/aromatic N) is 2. The quantitative estimate of drug-likeness (QED) is 0.205. The number of carbonyl (C=O) groups is 1. The molecule has 1 aromatic heterocycles. The third kappa shape index (κ3) is 6.41. The molecule has 0 aliphatic heterocycles. The molecule has 4 nitrogen and oxygen atoms in total. The molecule has 0 spiro atoms. The summed E-state index contributed by atoms with van der Waals surface area (Å²) in [5.74, 6) is 0.461. The van der Waals surface area contributed by atoms with Crippen LogP contribution >= 0.6 is 35.1 Å². The Balaban J connectivity index is 1.61. The van der Waals surface area contributed by atoms with Crippen LogP contribution in [0.15, 0.2) is 87.9 Å². The van der Waals surface area contributed by atoms with Crippen molar-refractivity contribution in [2.24, 2.45) is 0 Å². The van der Waals surface area contributed by atoms with Gasteiger partial charge in [-0.3, -0.25) is 4.79 Å². The van der Waals surface area contributed by atoms with Crippen LogP contribution in [0.1, 0.15) is 32.7 Å². The number of carbonyl (C=O) groups excluding carboxylic acids is 1. The molecule has 0 saturated carbocycles. The smallest absolute Gasteiger partial charge is 0.275 e. The zero-order valence-electron chi connectivity index (χ0n) is 19.1. The second kappa shape index (κ2) is 11.1. The van der Waals surface area contributed by atoms with Crippen molar-refractivity contribution in [3.63, 3.8) is 0 Å². The zero-order valence-corrected chi connectivity index (χ0v) is 21.5. The average molecular weight is 506 g/mol. The Labute approximate surface area is 213 Å². The molecule has 0 aliphatic carbocycles. The molecule has 4 rings (SSSR count). The van der Waals surface area contributed by atoms with Crippen LogP contribution in [0.3, 0.4) is 0 Å². The Morgan fingerprint density at radius 3 is 2.50 bits per heavy atom. The standard InChI is InChI=1S/C27H24ClN3OS2/c1-17-5-4-6-20(13-17)16-33-27-29-15-24(34-23-11-8-21(28)9-12-23)25(31-27)26(32)30-22-10-7-18(2)19(3)14-22/h4-15H,16H2,1-3H3,(H,30,32). The number of rotatable bonds is 7. The summed E-state index contributed by atoms with van der Waals surface area (Å²) in [6.07, 6.45) is 1.72. The number of thioether (sulfide) groups is 1. The molecule has 0 fully saturated rings. The lowest BCUT2D eigenvalue weighted by molar-refractivity contribution is 0.101. The van der Waals surface area contributed by atoms with Gasteiger partial charge in [0.1, 0.15) is 5.69 Å². The summed E-state index contributed by atoms with van der Waals surface area (Å²) in [7, 11) is 0. The topological polar surface area (TPSA) is 54.9 Å². The fourth-order valence-electron chi connectivity index (χ4n) is 3.25. The number of amides is 1. The lowest BCUT2D eigenvalue weighted by Gasteiger charge is -2.12. The Bertz CT molecular complexity index is 1330. The molecule has 172 valence electrons. The molecule has 1 amide bonds. The highest BCUT2D eigenvalue weighted by Gasteiger charge is 2.18. The maximum Gasteiger partial charge on any atom is 0.275 e. The number of aromatic nitrogens is 2. The molecule has 0 saturated heterocycles. The van der Waals surface area contributed by atoms with Crippen LogP contribution < -0.4 is 5.32 Å². The van der Waals surface area contributed by atoms with Gasteiger partial charge in [-0.05, 0) is 73.9 Å². The van der Waals surface area contributed by atoms with E-state index in [1.54, 1.807) is 6.20 Å². The average Bonchev–Trinajstić information content (AvgIpc) is 2.82. The van der Waals surface area contributed by atoms with E-state index >= 15 is 0 Å². The van der Waals surface area contributed by atoms with Gasteiger partial charge in [-0.25, -0.2) is 9.97 Å². The number of halogens is 1. The number of hydrogen-bond acceptors (Lipinski definition) is 5. The van der Waals surface area contributed by atoms with Crippen molar-refractivity contribution in [2.75, 3.05) is 5.32 Å². The van der Waals surface area contributed by atoms with Crippen LogP contribution in [0.25, 0.3) is 0 Å². The summed E-state index contributed by atoms with van der Waals surface area (Å²) in [5.41, 5.74) is 5.78. The van der Waals surface area contributed by atoms with E-state index in [0.29, 0.717) is 20.8 Å². The van der Waals surface area contributed by atoms with Crippen molar-refractivity contribution in [1.82, 2.24) is 9.97 Å². The van der Waals surface area contributed by atoms with E-state index in [-0.39, 0.29) is 5.91 Å². The van der Waals surface area contributed by atoms with E-state index in [2.05, 4.69) is 40.4 Å². The summed E-state index contributed by atoms with van der Waals surface area (Å²) < 4.78 is 0. The maximum atomic E-state index is 13.3. The Morgan fingerprint density at radius 2 is 1.76 bits per heavy atom. The monoisotopic (exact) mass is 505 g/mol. The highest BCUT2D eigenvalue weighted by atomic mass is 35.5. The Morgan fingerprint density at radius 1 is 0.971 bits per heavy atom. The van der Waals surface area contributed by atoms with E-state index in [9.17, 15) is 4.79 Å². The second-order valence-corrected chi connectivity index (χ2v) is 10.4. The number of hydrogen-bond donors (Lipinski definition) is 1. The predicted molar refractivity (Wildman–Crippen MR) is 142 cm³/mol. The van der Waals surface area contributed by atoms with Gasteiger partial charge in [0.25, 0.3) is 5.91 Å².